The molecule has 6 rings (SSSR count). The first-order valence-electron chi connectivity index (χ1n) is 15.2. The zero-order valence-corrected chi connectivity index (χ0v) is 27.0. The fourth-order valence-corrected chi connectivity index (χ4v) is 5.71. The Hall–Kier alpha value is -5.81. The van der Waals surface area contributed by atoms with Crippen LogP contribution in [0.15, 0.2) is 88.9 Å². The van der Waals surface area contributed by atoms with E-state index >= 15 is 0 Å². The summed E-state index contributed by atoms with van der Waals surface area (Å²) in [5, 5.41) is 14.6. The second-order valence-electron chi connectivity index (χ2n) is 11.6. The van der Waals surface area contributed by atoms with Crippen molar-refractivity contribution in [2.75, 3.05) is 10.3 Å². The normalized spacial score (nSPS) is 16.9. The Morgan fingerprint density at radius 1 is 1.10 bits per heavy atom. The molecule has 4 aromatic heterocycles. The molecule has 1 aromatic carbocycles. The summed E-state index contributed by atoms with van der Waals surface area (Å²) in [6.45, 7) is 1.79. The van der Waals surface area contributed by atoms with Gasteiger partial charge in [-0.25, -0.2) is 20.6 Å². The molecule has 0 saturated carbocycles. The molecule has 6 N–H and O–H groups in total. The van der Waals surface area contributed by atoms with Crippen molar-refractivity contribution in [1.29, 1.82) is 0 Å². The minimum atomic E-state index is -4.81. The summed E-state index contributed by atoms with van der Waals surface area (Å²) in [7, 11) is 0. The van der Waals surface area contributed by atoms with Crippen molar-refractivity contribution in [3.8, 4) is 28.2 Å². The fourth-order valence-electron chi connectivity index (χ4n) is 5.54. The Bertz CT molecular complexity index is 2230. The summed E-state index contributed by atoms with van der Waals surface area (Å²) >= 11 is 6.22. The predicted octanol–water partition coefficient (Wildman–Crippen LogP) is 4.29. The molecule has 0 saturated heterocycles. The number of fused-ring (bicyclic) bond motifs is 4. The number of hydrogen-bond donors (Lipinski definition) is 4. The third-order valence-corrected chi connectivity index (χ3v) is 8.37. The van der Waals surface area contributed by atoms with E-state index in [1.54, 1.807) is 31.5 Å². The van der Waals surface area contributed by atoms with Gasteiger partial charge in [0, 0.05) is 46.6 Å². The smallest absolute Gasteiger partial charge is 0.393 e. The number of carbonyl (C=O) groups excluding carboxylic acids is 1. The molecule has 14 nitrogen and oxygen atoms in total. The number of carbonyl (C=O) groups is 1. The van der Waals surface area contributed by atoms with Crippen LogP contribution in [0.2, 0.25) is 5.02 Å². The first kappa shape index (κ1) is 34.1. The lowest BCUT2D eigenvalue weighted by Gasteiger charge is -2.22. The number of hydrogen-bond acceptors (Lipinski definition) is 10. The van der Waals surface area contributed by atoms with Gasteiger partial charge in [-0.05, 0) is 43.2 Å². The summed E-state index contributed by atoms with van der Waals surface area (Å²) in [5.74, 6) is 5.30. The first-order valence-corrected chi connectivity index (χ1v) is 15.5. The van der Waals surface area contributed by atoms with Crippen molar-refractivity contribution in [3.63, 3.8) is 0 Å². The topological polar surface area (TPSA) is 196 Å². The molecule has 0 spiro atoms. The third kappa shape index (κ3) is 7.13. The first-order chi connectivity index (χ1) is 23.8. The van der Waals surface area contributed by atoms with E-state index in [2.05, 4.69) is 30.6 Å². The van der Waals surface area contributed by atoms with Crippen LogP contribution in [0.1, 0.15) is 37.9 Å². The number of H-pyrrole nitrogens is 1. The van der Waals surface area contributed by atoms with E-state index in [9.17, 15) is 27.6 Å². The number of alkyl halides is 3. The predicted molar refractivity (Wildman–Crippen MR) is 179 cm³/mol. The van der Waals surface area contributed by atoms with Crippen LogP contribution in [0.5, 0.6) is 0 Å². The number of amides is 1. The van der Waals surface area contributed by atoms with Crippen LogP contribution in [0.25, 0.3) is 28.2 Å². The van der Waals surface area contributed by atoms with Gasteiger partial charge >= 0.3 is 6.18 Å². The zero-order chi connectivity index (χ0) is 35.7. The van der Waals surface area contributed by atoms with Crippen LogP contribution in [-0.4, -0.2) is 46.6 Å². The Morgan fingerprint density at radius 3 is 2.64 bits per heavy atom. The Balaban J connectivity index is 1.41. The maximum atomic E-state index is 13.8. The Labute approximate surface area is 286 Å². The highest BCUT2D eigenvalue weighted by molar-refractivity contribution is 6.31. The van der Waals surface area contributed by atoms with Crippen molar-refractivity contribution in [3.05, 3.63) is 111 Å². The summed E-state index contributed by atoms with van der Waals surface area (Å²) in [6, 6.07) is 9.61. The van der Waals surface area contributed by atoms with Crippen LogP contribution in [0.3, 0.4) is 0 Å². The quantitative estimate of drug-likeness (QED) is 0.151. The molecule has 0 fully saturated rings. The molecule has 0 aliphatic carbocycles. The minimum absolute atomic E-state index is 0.0602. The third-order valence-electron chi connectivity index (χ3n) is 8.14. The number of benzene rings is 1. The van der Waals surface area contributed by atoms with Crippen LogP contribution in [0.4, 0.5) is 24.5 Å². The molecule has 1 aliphatic rings. The standard InChI is InChI=1S/C32H29ClF3N11O3/c1-17-3-2-4-26(23-9-18(7-8-39-23)30-24(42-31(17)50)14-47(44-30)20-11-28(48)43-41-13-20)45-16-40-22(12-29(45)49)21-10-19(33)5-6-25(21)46(38)15-27(37)32(34,35)36/h5-17,26H,2-4,37-38H2,1H3,(H,42,50)(H,43,48)/b27-15-. The van der Waals surface area contributed by atoms with Crippen LogP contribution in [0, 0.1) is 5.92 Å². The Morgan fingerprint density at radius 2 is 1.90 bits per heavy atom. The lowest BCUT2D eigenvalue weighted by molar-refractivity contribution is -0.119. The lowest BCUT2D eigenvalue weighted by atomic mass is 9.97. The van der Waals surface area contributed by atoms with Gasteiger partial charge in [0.25, 0.3) is 11.1 Å². The number of pyridine rings is 1. The molecule has 2 bridgehead atoms. The Kier molecular flexibility index (Phi) is 9.27. The molecule has 18 heteroatoms. The van der Waals surface area contributed by atoms with Gasteiger partial charge in [-0.3, -0.25) is 28.9 Å². The van der Waals surface area contributed by atoms with Crippen molar-refractivity contribution in [2.24, 2.45) is 17.5 Å². The minimum Gasteiger partial charge on any atom is -0.393 e. The number of nitrogens with two attached hydrogens (primary N) is 2. The van der Waals surface area contributed by atoms with E-state index in [0.29, 0.717) is 58.8 Å². The SMILES string of the molecule is CC1CCCC(n2cnc(-c3cc(Cl)ccc3N(N)/C=C(\N)C(F)(F)F)cc2=O)c2cc(ccn2)-c2nn(-c3cn[nH]c(=O)c3)cc2NC1=O. The van der Waals surface area contributed by atoms with Gasteiger partial charge in [-0.1, -0.05) is 24.9 Å². The molecule has 2 atom stereocenters. The second kappa shape index (κ2) is 13.6. The number of aromatic amines is 1. The summed E-state index contributed by atoms with van der Waals surface area (Å²) < 4.78 is 42.2. The van der Waals surface area contributed by atoms with Crippen LogP contribution >= 0.6 is 11.6 Å². The lowest BCUT2D eigenvalue weighted by Crippen LogP contribution is -2.30. The van der Waals surface area contributed by atoms with Crippen molar-refractivity contribution < 1.29 is 18.0 Å². The number of rotatable bonds is 5. The molecular weight excluding hydrogens is 679 g/mol. The van der Waals surface area contributed by atoms with Crippen molar-refractivity contribution >= 4 is 28.9 Å². The van der Waals surface area contributed by atoms with Gasteiger partial charge in [0.15, 0.2) is 0 Å². The van der Waals surface area contributed by atoms with E-state index < -0.39 is 35.0 Å². The summed E-state index contributed by atoms with van der Waals surface area (Å²) in [4.78, 5) is 48.0. The van der Waals surface area contributed by atoms with Gasteiger partial charge in [-0.15, -0.1) is 0 Å². The van der Waals surface area contributed by atoms with Gasteiger partial charge in [0.05, 0.1) is 53.2 Å². The van der Waals surface area contributed by atoms with E-state index in [4.69, 9.17) is 23.2 Å². The van der Waals surface area contributed by atoms with E-state index in [1.165, 1.54) is 52.1 Å². The number of allylic oxidation sites excluding steroid dienone is 1. The number of hydrazine groups is 1. The highest BCUT2D eigenvalue weighted by Gasteiger charge is 2.32. The monoisotopic (exact) mass is 707 g/mol. The molecule has 5 aromatic rings. The summed E-state index contributed by atoms with van der Waals surface area (Å²) in [5.41, 5.74) is 5.43. The number of nitrogens with zero attached hydrogens (tertiary/aromatic N) is 7. The molecule has 1 aliphatic heterocycles. The largest absolute Gasteiger partial charge is 0.432 e. The zero-order valence-electron chi connectivity index (χ0n) is 26.2. The fraction of sp³-hybridized carbons (Fsp3) is 0.219. The van der Waals surface area contributed by atoms with Crippen LogP contribution < -0.4 is 33.0 Å². The van der Waals surface area contributed by atoms with Crippen LogP contribution in [-0.2, 0) is 4.79 Å². The van der Waals surface area contributed by atoms with E-state index in [0.717, 1.165) is 0 Å². The number of halogens is 4. The van der Waals surface area contributed by atoms with Gasteiger partial charge < -0.3 is 11.1 Å². The molecule has 0 radical (unpaired) electrons. The van der Waals surface area contributed by atoms with Gasteiger partial charge in [0.1, 0.15) is 11.4 Å². The number of aromatic nitrogens is 7. The van der Waals surface area contributed by atoms with Gasteiger partial charge in [-0.2, -0.15) is 23.4 Å². The maximum absolute atomic E-state index is 13.8. The molecule has 5 heterocycles. The molecule has 1 amide bonds. The highest BCUT2D eigenvalue weighted by atomic mass is 35.5. The van der Waals surface area contributed by atoms with Gasteiger partial charge in [0.2, 0.25) is 5.91 Å². The summed E-state index contributed by atoms with van der Waals surface area (Å²) in [6.07, 6.45) is 3.03. The highest BCUT2D eigenvalue weighted by Crippen LogP contribution is 2.34. The van der Waals surface area contributed by atoms with E-state index in [1.807, 2.05) is 0 Å². The molecule has 50 heavy (non-hydrogen) atoms. The molecule has 2 unspecified atom stereocenters. The maximum Gasteiger partial charge on any atom is 0.432 e. The number of anilines is 2. The molecule has 258 valence electrons. The average Bonchev–Trinajstić information content (AvgIpc) is 3.49. The second-order valence-corrected chi connectivity index (χ2v) is 12.1. The average molecular weight is 708 g/mol. The van der Waals surface area contributed by atoms with E-state index in [-0.39, 0.29) is 27.9 Å². The number of nitrogens with one attached hydrogen (secondary N) is 2. The van der Waals surface area contributed by atoms with Crippen molar-refractivity contribution in [2.45, 2.75) is 38.4 Å². The van der Waals surface area contributed by atoms with Crippen molar-refractivity contribution in [1.82, 2.24) is 34.5 Å². The molecular formula is C32H29ClF3N11O3.